The molecule has 10 heteroatoms. The molecule has 0 bridgehead atoms. The van der Waals surface area contributed by atoms with E-state index in [0.29, 0.717) is 0 Å². The molecule has 5 atom stereocenters. The van der Waals surface area contributed by atoms with Gasteiger partial charge in [0, 0.05) is 0 Å². The van der Waals surface area contributed by atoms with Crippen molar-refractivity contribution in [3.63, 3.8) is 0 Å². The van der Waals surface area contributed by atoms with Gasteiger partial charge in [-0.05, 0) is 37.5 Å². The highest BCUT2D eigenvalue weighted by molar-refractivity contribution is 7.55. The molecule has 0 radical (unpaired) electrons. The van der Waals surface area contributed by atoms with Gasteiger partial charge in [-0.2, -0.15) is 8.78 Å². The van der Waals surface area contributed by atoms with Gasteiger partial charge < -0.3 is 28.0 Å². The summed E-state index contributed by atoms with van der Waals surface area (Å²) in [4.78, 5) is 0. The molecular weight excluding hydrogens is 565 g/mol. The zero-order valence-electron chi connectivity index (χ0n) is 24.1. The molecule has 0 aromatic heterocycles. The Morgan fingerprint density at radius 2 is 1.05 bits per heavy atom. The Balaban J connectivity index is 1.71. The van der Waals surface area contributed by atoms with Gasteiger partial charge >= 0.3 is 13.3 Å². The minimum atomic E-state index is -4.97. The molecular formula is C32H39F2O7P. The van der Waals surface area contributed by atoms with Gasteiger partial charge in [0.25, 0.3) is 0 Å². The zero-order valence-corrected chi connectivity index (χ0v) is 25.0. The minimum absolute atomic E-state index is 0.0139. The molecule has 3 aromatic carbocycles. The van der Waals surface area contributed by atoms with E-state index >= 15 is 8.78 Å². The summed E-state index contributed by atoms with van der Waals surface area (Å²) in [5.41, 5.74) is -1.55. The maximum atomic E-state index is 16.4. The third kappa shape index (κ3) is 7.91. The molecule has 1 fully saturated rings. The van der Waals surface area contributed by atoms with Gasteiger partial charge in [-0.1, -0.05) is 91.0 Å². The zero-order chi connectivity index (χ0) is 30.0. The number of hydrogen-bond donors (Lipinski definition) is 0. The second-order valence-corrected chi connectivity index (χ2v) is 12.1. The first kappa shape index (κ1) is 32.4. The van der Waals surface area contributed by atoms with E-state index in [2.05, 4.69) is 0 Å². The molecule has 42 heavy (non-hydrogen) atoms. The van der Waals surface area contributed by atoms with Gasteiger partial charge in [0.05, 0.1) is 39.1 Å². The molecule has 0 N–H and O–H groups in total. The van der Waals surface area contributed by atoms with Crippen molar-refractivity contribution >= 4 is 7.60 Å². The number of rotatable bonds is 15. The molecule has 1 saturated heterocycles. The maximum Gasteiger partial charge on any atom is 0.402 e. The quantitative estimate of drug-likeness (QED) is 0.168. The highest BCUT2D eigenvalue weighted by Crippen LogP contribution is 2.65. The third-order valence-corrected chi connectivity index (χ3v) is 9.11. The van der Waals surface area contributed by atoms with Crippen molar-refractivity contribution < 1.29 is 41.3 Å². The Morgan fingerprint density at radius 1 is 0.667 bits per heavy atom. The van der Waals surface area contributed by atoms with Crippen molar-refractivity contribution in [3.05, 3.63) is 108 Å². The summed E-state index contributed by atoms with van der Waals surface area (Å²) in [6, 6.07) is 28.1. The fourth-order valence-electron chi connectivity index (χ4n) is 4.90. The normalized spacial score (nSPS) is 23.1. The molecule has 0 aliphatic carbocycles. The molecule has 1 aliphatic rings. The van der Waals surface area contributed by atoms with Crippen molar-refractivity contribution in [2.75, 3.05) is 13.2 Å². The van der Waals surface area contributed by atoms with Crippen LogP contribution in [0.25, 0.3) is 0 Å². The molecule has 0 unspecified atom stereocenters. The molecule has 1 heterocycles. The Kier molecular flexibility index (Phi) is 11.8. The predicted octanol–water partition coefficient (Wildman–Crippen LogP) is 7.39. The maximum absolute atomic E-state index is 16.4. The first-order chi connectivity index (χ1) is 20.3. The van der Waals surface area contributed by atoms with Gasteiger partial charge in [0.1, 0.15) is 18.3 Å². The SMILES string of the molecule is CCOP(=O)(OCC)C(F)(F)[C@H]1O[C@@H](C)[C@H](OCc2ccccc2)[C@@H](OCc2ccccc2)[C@H]1OCc1ccccc1. The Bertz CT molecular complexity index is 1240. The number of halogens is 2. The van der Waals surface area contributed by atoms with Crippen LogP contribution >= 0.6 is 7.60 Å². The van der Waals surface area contributed by atoms with Crippen LogP contribution < -0.4 is 0 Å². The number of ether oxygens (including phenoxy) is 4. The van der Waals surface area contributed by atoms with Crippen LogP contribution in [0.4, 0.5) is 8.78 Å². The number of alkyl halides is 2. The summed E-state index contributed by atoms with van der Waals surface area (Å²) in [6.07, 6.45) is -6.10. The Hall–Kier alpha value is -2.49. The van der Waals surface area contributed by atoms with Crippen molar-refractivity contribution in [1.82, 2.24) is 0 Å². The van der Waals surface area contributed by atoms with Crippen LogP contribution in [-0.2, 0) is 52.4 Å². The van der Waals surface area contributed by atoms with Crippen LogP contribution in [0.5, 0.6) is 0 Å². The van der Waals surface area contributed by atoms with Crippen LogP contribution in [0.3, 0.4) is 0 Å². The molecule has 1 aliphatic heterocycles. The van der Waals surface area contributed by atoms with Gasteiger partial charge in [-0.15, -0.1) is 0 Å². The summed E-state index contributed by atoms with van der Waals surface area (Å²) in [7, 11) is -4.97. The highest BCUT2D eigenvalue weighted by atomic mass is 31.2. The monoisotopic (exact) mass is 604 g/mol. The molecule has 4 rings (SSSR count). The van der Waals surface area contributed by atoms with Gasteiger partial charge in [-0.25, -0.2) is 0 Å². The van der Waals surface area contributed by atoms with E-state index < -0.39 is 43.8 Å². The van der Waals surface area contributed by atoms with Crippen LogP contribution in [-0.4, -0.2) is 49.4 Å². The molecule has 3 aromatic rings. The van der Waals surface area contributed by atoms with E-state index in [4.69, 9.17) is 28.0 Å². The van der Waals surface area contributed by atoms with Crippen LogP contribution in [0.15, 0.2) is 91.0 Å². The van der Waals surface area contributed by atoms with Crippen molar-refractivity contribution in [3.8, 4) is 0 Å². The number of benzene rings is 3. The average Bonchev–Trinajstić information content (AvgIpc) is 3.00. The van der Waals surface area contributed by atoms with Crippen molar-refractivity contribution in [2.24, 2.45) is 0 Å². The lowest BCUT2D eigenvalue weighted by Gasteiger charge is -2.47. The summed E-state index contributed by atoms with van der Waals surface area (Å²) in [5.74, 6) is 0. The van der Waals surface area contributed by atoms with E-state index in [1.54, 1.807) is 6.92 Å². The Morgan fingerprint density at radius 3 is 1.45 bits per heavy atom. The van der Waals surface area contributed by atoms with Crippen LogP contribution in [0.1, 0.15) is 37.5 Å². The lowest BCUT2D eigenvalue weighted by atomic mass is 9.94. The van der Waals surface area contributed by atoms with E-state index in [1.165, 1.54) is 13.8 Å². The fraction of sp³-hybridized carbons (Fsp3) is 0.438. The van der Waals surface area contributed by atoms with E-state index in [9.17, 15) is 4.57 Å². The largest absolute Gasteiger partial charge is 0.402 e. The summed E-state index contributed by atoms with van der Waals surface area (Å²) in [5, 5.41) is 0. The molecule has 0 saturated carbocycles. The molecule has 0 amide bonds. The van der Waals surface area contributed by atoms with Crippen molar-refractivity contribution in [1.29, 1.82) is 0 Å². The van der Waals surface area contributed by atoms with Gasteiger partial charge in [-0.3, -0.25) is 4.57 Å². The standard InChI is InChI=1S/C32H39F2O7P/c1-4-39-42(35,40-5-2)32(33,34)31-30(38-23-27-19-13-8-14-20-27)29(37-22-26-17-11-7-12-18-26)28(24(3)41-31)36-21-25-15-9-6-10-16-25/h6-20,24,28-31H,4-5,21-23H2,1-3H3/t24-,28-,29+,30+,31-/m0/s1. The number of hydrogen-bond acceptors (Lipinski definition) is 7. The first-order valence-electron chi connectivity index (χ1n) is 14.2. The summed E-state index contributed by atoms with van der Waals surface area (Å²) >= 11 is 0. The van der Waals surface area contributed by atoms with Gasteiger partial charge in [0.2, 0.25) is 0 Å². The first-order valence-corrected chi connectivity index (χ1v) is 15.7. The van der Waals surface area contributed by atoms with E-state index in [0.717, 1.165) is 16.7 Å². The second-order valence-electron chi connectivity index (χ2n) is 9.97. The van der Waals surface area contributed by atoms with Crippen LogP contribution in [0, 0.1) is 0 Å². The molecule has 7 nitrogen and oxygen atoms in total. The van der Waals surface area contributed by atoms with E-state index in [1.807, 2.05) is 91.0 Å². The summed E-state index contributed by atoms with van der Waals surface area (Å²) < 4.78 is 81.3. The topological polar surface area (TPSA) is 72.5 Å². The molecule has 228 valence electrons. The van der Waals surface area contributed by atoms with E-state index in [-0.39, 0.29) is 33.0 Å². The second kappa shape index (κ2) is 15.3. The lowest BCUT2D eigenvalue weighted by Crippen LogP contribution is -2.63. The smallest absolute Gasteiger partial charge is 0.368 e. The minimum Gasteiger partial charge on any atom is -0.368 e. The van der Waals surface area contributed by atoms with Crippen LogP contribution in [0.2, 0.25) is 0 Å². The highest BCUT2D eigenvalue weighted by Gasteiger charge is 2.66. The van der Waals surface area contributed by atoms with Crippen molar-refractivity contribution in [2.45, 2.75) is 76.8 Å². The fourth-order valence-corrected chi connectivity index (χ4v) is 6.52. The molecule has 0 spiro atoms. The average molecular weight is 605 g/mol. The summed E-state index contributed by atoms with van der Waals surface area (Å²) in [6.45, 7) is 4.43. The lowest BCUT2D eigenvalue weighted by molar-refractivity contribution is -0.289. The third-order valence-electron chi connectivity index (χ3n) is 6.93. The van der Waals surface area contributed by atoms with Gasteiger partial charge in [0.15, 0.2) is 6.10 Å². The predicted molar refractivity (Wildman–Crippen MR) is 155 cm³/mol. The Labute approximate surface area is 246 Å².